The molecule has 6 aromatic rings. The third-order valence-electron chi connectivity index (χ3n) is 17.3. The van der Waals surface area contributed by atoms with Gasteiger partial charge < -0.3 is 59.0 Å². The third-order valence-corrected chi connectivity index (χ3v) is 20.5. The molecule has 0 saturated carbocycles. The first-order valence-corrected chi connectivity index (χ1v) is 40.6. The highest BCUT2D eigenvalue weighted by molar-refractivity contribution is 9.10. The van der Waals surface area contributed by atoms with Crippen LogP contribution in [0.15, 0.2) is 128 Å². The molecule has 10 rings (SSSR count). The predicted molar refractivity (Wildman–Crippen MR) is 419 cm³/mol. The molecule has 0 radical (unpaired) electrons. The van der Waals surface area contributed by atoms with Crippen molar-refractivity contribution in [1.29, 1.82) is 0 Å². The van der Waals surface area contributed by atoms with Crippen molar-refractivity contribution in [1.82, 2.24) is 40.4 Å². The van der Waals surface area contributed by atoms with Crippen molar-refractivity contribution in [2.45, 2.75) is 156 Å². The van der Waals surface area contributed by atoms with E-state index in [-0.39, 0.29) is 34.1 Å². The molecule has 22 nitrogen and oxygen atoms in total. The lowest BCUT2D eigenvalue weighted by Crippen LogP contribution is -2.57. The molecule has 0 bridgehead atoms. The number of anilines is 4. The van der Waals surface area contributed by atoms with Crippen LogP contribution in [0.25, 0.3) is 0 Å². The second kappa shape index (κ2) is 40.1. The van der Waals surface area contributed by atoms with Gasteiger partial charge in [-0.05, 0) is 152 Å². The predicted octanol–water partition coefficient (Wildman–Crippen LogP) is 14.0. The van der Waals surface area contributed by atoms with E-state index in [9.17, 15) is 35.2 Å². The fourth-order valence-corrected chi connectivity index (χ4v) is 14.3. The Morgan fingerprint density at radius 1 is 0.500 bits per heavy atom. The summed E-state index contributed by atoms with van der Waals surface area (Å²) in [7, 11) is -3.79. The maximum Gasteiger partial charge on any atom is 0.410 e. The van der Waals surface area contributed by atoms with E-state index in [1.807, 2.05) is 109 Å². The number of methoxy groups -OCH3 is 2. The fourth-order valence-electron chi connectivity index (χ4n) is 11.8. The second-order valence-corrected chi connectivity index (χ2v) is 35.2. The number of nitrogens with one attached hydrogen (secondary N) is 2. The van der Waals surface area contributed by atoms with Crippen LogP contribution in [-0.2, 0) is 29.1 Å². The Kier molecular flexibility index (Phi) is 33.8. The number of sulfone groups is 2. The second-order valence-electron chi connectivity index (χ2n) is 29.4. The quantitative estimate of drug-likeness (QED) is 0.116. The summed E-state index contributed by atoms with van der Waals surface area (Å²) in [5.74, 6) is 1.82. The van der Waals surface area contributed by atoms with Crippen LogP contribution in [-0.4, -0.2) is 199 Å². The number of hydrogen-bond acceptors (Lipinski definition) is 20. The number of pyridine rings is 4. The molecule has 0 aliphatic carbocycles. The topological polar surface area (TPSA) is 234 Å². The summed E-state index contributed by atoms with van der Waals surface area (Å²) in [5.41, 5.74) is 5.31. The van der Waals surface area contributed by atoms with Crippen LogP contribution in [0, 0.1) is 49.2 Å². The van der Waals surface area contributed by atoms with Gasteiger partial charge in [-0.15, -0.1) is 0 Å². The first kappa shape index (κ1) is 87.7. The van der Waals surface area contributed by atoms with Gasteiger partial charge in [-0.25, -0.2) is 45.2 Å². The highest BCUT2D eigenvalue weighted by atomic mass is 79.9. The lowest BCUT2D eigenvalue weighted by atomic mass is 9.98. The smallest absolute Gasteiger partial charge is 0.410 e. The Morgan fingerprint density at radius 3 is 1.39 bits per heavy atom. The van der Waals surface area contributed by atoms with Gasteiger partial charge >= 0.3 is 12.2 Å². The zero-order valence-electron chi connectivity index (χ0n) is 64.4. The number of aromatic nitrogens is 4. The first-order valence-electron chi connectivity index (χ1n) is 35.2. The van der Waals surface area contributed by atoms with Crippen LogP contribution in [0.2, 0.25) is 0 Å². The van der Waals surface area contributed by atoms with Crippen molar-refractivity contribution in [2.75, 3.05) is 125 Å². The number of ether oxygens (including phenoxy) is 4. The van der Waals surface area contributed by atoms with Crippen molar-refractivity contribution in [2.24, 2.45) is 23.7 Å². The summed E-state index contributed by atoms with van der Waals surface area (Å²) in [4.78, 5) is 53.3. The van der Waals surface area contributed by atoms with Crippen LogP contribution in [0.5, 0.6) is 11.8 Å². The third kappa shape index (κ3) is 28.4. The molecule has 0 unspecified atom stereocenters. The molecule has 2 aromatic carbocycles. The largest absolute Gasteiger partial charge is 0.481 e. The monoisotopic (exact) mass is 1610 g/mol. The summed E-state index contributed by atoms with van der Waals surface area (Å²) in [6, 6.07) is 25.5. The number of aryl methyl sites for hydroxylation is 2. The van der Waals surface area contributed by atoms with E-state index in [0.717, 1.165) is 117 Å². The van der Waals surface area contributed by atoms with E-state index in [1.165, 1.54) is 30.0 Å². The van der Waals surface area contributed by atoms with E-state index in [4.69, 9.17) is 18.9 Å². The number of carbonyl (C=O) groups excluding carboxylic acids is 2. The zero-order chi connectivity index (χ0) is 77.6. The highest BCUT2D eigenvalue weighted by Crippen LogP contribution is 2.32. The van der Waals surface area contributed by atoms with Gasteiger partial charge in [0.15, 0.2) is 19.7 Å². The Balaban J connectivity index is 0.000000232. The van der Waals surface area contributed by atoms with Gasteiger partial charge in [0.1, 0.15) is 32.6 Å². The number of halogens is 4. The van der Waals surface area contributed by atoms with Crippen molar-refractivity contribution >= 4 is 86.5 Å². The van der Waals surface area contributed by atoms with Gasteiger partial charge in [-0.3, -0.25) is 9.97 Å². The number of rotatable bonds is 12. The Labute approximate surface area is 634 Å². The van der Waals surface area contributed by atoms with Crippen LogP contribution in [0.4, 0.5) is 41.1 Å². The molecule has 4 aliphatic rings. The molecule has 4 atom stereocenters. The Morgan fingerprint density at radius 2 is 0.942 bits per heavy atom. The average molecular weight is 1620 g/mol. The van der Waals surface area contributed by atoms with Crippen LogP contribution in [0.1, 0.15) is 108 Å². The van der Waals surface area contributed by atoms with Gasteiger partial charge in [0, 0.05) is 195 Å². The molecule has 2 amide bonds. The molecule has 4 aromatic heterocycles. The number of nitrogens with zero attached hydrogens (tertiary/aromatic N) is 10. The maximum atomic E-state index is 13.9. The molecular weight excluding hydrogens is 1500 g/mol. The number of piperazine rings is 4. The Hall–Kier alpha value is -6.98. The maximum absolute atomic E-state index is 13.9. The molecule has 4 fully saturated rings. The van der Waals surface area contributed by atoms with Crippen LogP contribution < -0.4 is 39.7 Å². The van der Waals surface area contributed by atoms with E-state index >= 15 is 0 Å². The van der Waals surface area contributed by atoms with Crippen molar-refractivity contribution in [3.8, 4) is 11.8 Å². The molecule has 4 aliphatic heterocycles. The van der Waals surface area contributed by atoms with E-state index < -0.39 is 42.5 Å². The standard InChI is InChI=1S/C20H26FN3O2S.C18H29N3O3.C13H21N3O.C12H24N2O2.C7H6BrFO2S.C6H6BrN/c1-14(2)19-13-23(9-10-24(19)17-7-8-22-15(3)11-17)16-5-6-18(21)20(12-16)27(4,25)26;1-13(2)15-12-20(17(22)24-18(3,4)5)9-10-21(15)14-7-8-19-16(11-14)23-6;1-10(2)12-9-14-6-7-16(12)11-4-5-15-13(8-11)17-3;1-9(2)10-8-14(7-6-13-10)11(15)16-12(3,4)5;1-12(10,11)7-4-5(8)2-3-6(7)9;1-5-4-6(7)2-3-8-5/h5-8,11-12,14,19H,9-10,13H2,1-4H3;7-8,11,13,15H,9-10,12H2,1-6H3;4-5,8,10,12,14H,6-7,9H2,1-3H3;9-10,13H,6-8H2,1-5H3;2-4H,1H3;2-4H,1H3/t19-;15-;12-;10-;;/m0000../s1. The normalized spacial score (nSPS) is 17.9. The summed E-state index contributed by atoms with van der Waals surface area (Å²) in [5, 5.41) is 6.87. The number of benzene rings is 2. The Bertz CT molecular complexity index is 3930. The summed E-state index contributed by atoms with van der Waals surface area (Å²) < 4.78 is 95.4. The van der Waals surface area contributed by atoms with Crippen LogP contribution >= 0.6 is 31.9 Å². The molecule has 576 valence electrons. The van der Waals surface area contributed by atoms with Crippen molar-refractivity contribution < 1.29 is 54.2 Å². The minimum absolute atomic E-state index is 0.195. The fraction of sp³-hybridized carbons (Fsp3) is 0.553. The van der Waals surface area contributed by atoms with E-state index in [2.05, 4.69) is 150 Å². The molecule has 0 spiro atoms. The lowest BCUT2D eigenvalue weighted by Gasteiger charge is -2.45. The minimum Gasteiger partial charge on any atom is -0.481 e. The first-order chi connectivity index (χ1) is 48.6. The number of carbonyl (C=O) groups is 2. The lowest BCUT2D eigenvalue weighted by molar-refractivity contribution is 0.0175. The van der Waals surface area contributed by atoms with Gasteiger partial charge in [0.05, 0.1) is 14.2 Å². The van der Waals surface area contributed by atoms with Gasteiger partial charge in [-0.1, -0.05) is 87.2 Å². The molecule has 28 heteroatoms. The molecule has 8 heterocycles. The van der Waals surface area contributed by atoms with Crippen molar-refractivity contribution in [3.63, 3.8) is 0 Å². The van der Waals surface area contributed by atoms with E-state index in [1.54, 1.807) is 37.6 Å². The van der Waals surface area contributed by atoms with Gasteiger partial charge in [-0.2, -0.15) is 0 Å². The van der Waals surface area contributed by atoms with Crippen LogP contribution in [0.3, 0.4) is 0 Å². The molecule has 4 saturated heterocycles. The molecule has 2 N–H and O–H groups in total. The summed E-state index contributed by atoms with van der Waals surface area (Å²) in [6.07, 6.45) is 8.75. The highest BCUT2D eigenvalue weighted by Gasteiger charge is 2.36. The number of amides is 2. The van der Waals surface area contributed by atoms with Gasteiger partial charge in [0.25, 0.3) is 0 Å². The summed E-state index contributed by atoms with van der Waals surface area (Å²) >= 11 is 6.38. The molecular formula is C76H112Br2F2N12O10S2. The SMILES string of the molecule is CC(C)[C@@H]1CN(C(=O)OC(C)(C)C)CCN1.COc1cc(N2CCN(C(=O)OC(C)(C)C)C[C@H]2C(C)C)ccn1.COc1cc(N2CCNC[C@H]2C(C)C)ccn1.CS(=O)(=O)c1cc(Br)ccc1F.Cc1cc(Br)ccn1.Cc1cc(N2CCN(c3ccc(F)c(S(C)(=O)=O)c3)C[C@H]2C(C)C)ccn1. The van der Waals surface area contributed by atoms with E-state index in [0.29, 0.717) is 65.1 Å². The number of hydrogen-bond donors (Lipinski definition) is 2. The summed E-state index contributed by atoms with van der Waals surface area (Å²) in [6.45, 7) is 42.7. The molecule has 104 heavy (non-hydrogen) atoms. The van der Waals surface area contributed by atoms with Crippen molar-refractivity contribution in [3.05, 3.63) is 142 Å². The zero-order valence-corrected chi connectivity index (χ0v) is 69.2. The van der Waals surface area contributed by atoms with Gasteiger partial charge in [0.2, 0.25) is 11.8 Å². The minimum atomic E-state index is -3.60. The average Bonchev–Trinajstić information content (AvgIpc) is 0.786.